The van der Waals surface area contributed by atoms with Crippen LogP contribution in [0.25, 0.3) is 0 Å². The third-order valence-corrected chi connectivity index (χ3v) is 8.91. The molecule has 0 aliphatic carbocycles. The van der Waals surface area contributed by atoms with Crippen LogP contribution in [0.4, 0.5) is 5.69 Å². The predicted molar refractivity (Wildman–Crippen MR) is 129 cm³/mol. The van der Waals surface area contributed by atoms with E-state index < -0.39 is 32.5 Å². The van der Waals surface area contributed by atoms with Gasteiger partial charge in [0.15, 0.2) is 0 Å². The van der Waals surface area contributed by atoms with E-state index in [-0.39, 0.29) is 11.4 Å². The Morgan fingerprint density at radius 3 is 2.15 bits per heavy atom. The monoisotopic (exact) mass is 513 g/mol. The number of hydrogen-bond acceptors (Lipinski definition) is 5. The molecule has 33 heavy (non-hydrogen) atoms. The molecule has 0 unspecified atom stereocenters. The first kappa shape index (κ1) is 25.6. The van der Waals surface area contributed by atoms with Crippen LogP contribution >= 0.6 is 11.6 Å². The molecular formula is C22H28ClN3O5S2. The van der Waals surface area contributed by atoms with Crippen LogP contribution in [0.1, 0.15) is 31.2 Å². The van der Waals surface area contributed by atoms with Crippen LogP contribution in [0.3, 0.4) is 0 Å². The molecule has 180 valence electrons. The highest BCUT2D eigenvalue weighted by Gasteiger charge is 2.25. The van der Waals surface area contributed by atoms with Gasteiger partial charge in [0.1, 0.15) is 0 Å². The number of rotatable bonds is 8. The van der Waals surface area contributed by atoms with E-state index in [1.165, 1.54) is 28.6 Å². The molecule has 0 radical (unpaired) electrons. The van der Waals surface area contributed by atoms with Crippen molar-refractivity contribution in [2.75, 3.05) is 31.2 Å². The van der Waals surface area contributed by atoms with E-state index in [9.17, 15) is 21.6 Å². The number of nitrogens with zero attached hydrogens (tertiary/aromatic N) is 2. The van der Waals surface area contributed by atoms with Gasteiger partial charge in [-0.25, -0.2) is 16.8 Å². The zero-order valence-electron chi connectivity index (χ0n) is 18.4. The van der Waals surface area contributed by atoms with Crippen LogP contribution in [0.15, 0.2) is 53.4 Å². The quantitative estimate of drug-likeness (QED) is 0.583. The topological polar surface area (TPSA) is 104 Å². The summed E-state index contributed by atoms with van der Waals surface area (Å²) in [6, 6.07) is 12.7. The standard InChI is InChI=1S/C22H28ClN3O5S2/c1-32(28,29)26(16-18-8-4-5-9-21(18)23)17-22(27)24-19-10-12-20(13-11-19)33(30,31)25-14-6-2-3-7-15-25/h4-5,8-13H,2-3,6-7,14-17H2,1H3,(H,24,27). The first-order valence-corrected chi connectivity index (χ1v) is 14.3. The third kappa shape index (κ3) is 7.00. The second-order valence-electron chi connectivity index (χ2n) is 8.01. The predicted octanol–water partition coefficient (Wildman–Crippen LogP) is 3.31. The molecule has 2 aromatic rings. The van der Waals surface area contributed by atoms with Crippen molar-refractivity contribution in [1.82, 2.24) is 8.61 Å². The first-order valence-electron chi connectivity index (χ1n) is 10.7. The maximum absolute atomic E-state index is 12.9. The summed E-state index contributed by atoms with van der Waals surface area (Å²) in [4.78, 5) is 12.7. The maximum Gasteiger partial charge on any atom is 0.243 e. The molecule has 1 fully saturated rings. The van der Waals surface area contributed by atoms with Crippen LogP contribution in [-0.2, 0) is 31.4 Å². The highest BCUT2D eigenvalue weighted by atomic mass is 35.5. The van der Waals surface area contributed by atoms with Crippen molar-refractivity contribution in [3.05, 3.63) is 59.1 Å². The normalized spacial score (nSPS) is 15.8. The van der Waals surface area contributed by atoms with Crippen molar-refractivity contribution in [3.8, 4) is 0 Å². The van der Waals surface area contributed by atoms with Gasteiger partial charge in [-0.15, -0.1) is 0 Å². The fourth-order valence-corrected chi connectivity index (χ4v) is 6.05. The summed E-state index contributed by atoms with van der Waals surface area (Å²) in [5.41, 5.74) is 0.960. The summed E-state index contributed by atoms with van der Waals surface area (Å²) in [5.74, 6) is -0.546. The molecule has 0 aromatic heterocycles. The van der Waals surface area contributed by atoms with Gasteiger partial charge >= 0.3 is 0 Å². The van der Waals surface area contributed by atoms with E-state index in [1.807, 2.05) is 0 Å². The van der Waals surface area contributed by atoms with E-state index >= 15 is 0 Å². The number of nitrogens with one attached hydrogen (secondary N) is 1. The van der Waals surface area contributed by atoms with Crippen LogP contribution in [-0.4, -0.2) is 57.2 Å². The van der Waals surface area contributed by atoms with E-state index in [1.54, 1.807) is 24.3 Å². The fourth-order valence-electron chi connectivity index (χ4n) is 3.61. The number of anilines is 1. The van der Waals surface area contributed by atoms with Gasteiger partial charge in [-0.05, 0) is 48.7 Å². The minimum atomic E-state index is -3.68. The molecule has 0 spiro atoms. The maximum atomic E-state index is 12.9. The van der Waals surface area contributed by atoms with Crippen molar-refractivity contribution in [3.63, 3.8) is 0 Å². The van der Waals surface area contributed by atoms with Crippen molar-refractivity contribution in [2.24, 2.45) is 0 Å². The number of carbonyl (C=O) groups is 1. The highest BCUT2D eigenvalue weighted by molar-refractivity contribution is 7.89. The van der Waals surface area contributed by atoms with Crippen LogP contribution < -0.4 is 5.32 Å². The number of sulfonamides is 2. The van der Waals surface area contributed by atoms with E-state index in [4.69, 9.17) is 11.6 Å². The number of hydrogen-bond donors (Lipinski definition) is 1. The molecule has 2 aromatic carbocycles. The molecule has 0 saturated carbocycles. The molecule has 3 rings (SSSR count). The Morgan fingerprint density at radius 2 is 1.58 bits per heavy atom. The molecule has 0 atom stereocenters. The van der Waals surface area contributed by atoms with Gasteiger partial charge in [0.25, 0.3) is 0 Å². The Bertz CT molecular complexity index is 1180. The Morgan fingerprint density at radius 1 is 0.970 bits per heavy atom. The van der Waals surface area contributed by atoms with Gasteiger partial charge in [0.05, 0.1) is 17.7 Å². The molecule has 11 heteroatoms. The number of benzene rings is 2. The number of amides is 1. The van der Waals surface area contributed by atoms with Gasteiger partial charge in [-0.3, -0.25) is 4.79 Å². The molecule has 0 bridgehead atoms. The third-order valence-electron chi connectivity index (χ3n) is 5.43. The van der Waals surface area contributed by atoms with Gasteiger partial charge in [0.2, 0.25) is 26.0 Å². The second kappa shape index (κ2) is 11.0. The molecule has 1 aliphatic heterocycles. The van der Waals surface area contributed by atoms with Crippen LogP contribution in [0.2, 0.25) is 5.02 Å². The molecule has 1 N–H and O–H groups in total. The zero-order chi connectivity index (χ0) is 24.1. The summed E-state index contributed by atoms with van der Waals surface area (Å²) in [6.07, 6.45) is 4.77. The average Bonchev–Trinajstić information content (AvgIpc) is 3.05. The van der Waals surface area contributed by atoms with Gasteiger partial charge in [-0.2, -0.15) is 8.61 Å². The van der Waals surface area contributed by atoms with Crippen molar-refractivity contribution in [1.29, 1.82) is 0 Å². The van der Waals surface area contributed by atoms with Gasteiger partial charge in [-0.1, -0.05) is 42.6 Å². The smallest absolute Gasteiger partial charge is 0.243 e. The van der Waals surface area contributed by atoms with Crippen molar-refractivity contribution in [2.45, 2.75) is 37.1 Å². The minimum absolute atomic E-state index is 0.0427. The Hall–Kier alpha value is -1.98. The average molecular weight is 514 g/mol. The first-order chi connectivity index (χ1) is 15.6. The summed E-state index contributed by atoms with van der Waals surface area (Å²) in [6.45, 7) is 0.567. The zero-order valence-corrected chi connectivity index (χ0v) is 20.8. The Labute approximate surface area is 200 Å². The van der Waals surface area contributed by atoms with E-state index in [0.717, 1.165) is 36.2 Å². The largest absolute Gasteiger partial charge is 0.325 e. The Balaban J connectivity index is 1.67. The van der Waals surface area contributed by atoms with Gasteiger partial charge in [0, 0.05) is 30.3 Å². The SMILES string of the molecule is CS(=O)(=O)N(CC(=O)Nc1ccc(S(=O)(=O)N2CCCCCC2)cc1)Cc1ccccc1Cl. The summed E-state index contributed by atoms with van der Waals surface area (Å²) in [5, 5.41) is 3.04. The molecular weight excluding hydrogens is 486 g/mol. The molecule has 1 saturated heterocycles. The molecule has 1 aliphatic rings. The summed E-state index contributed by atoms with van der Waals surface area (Å²) >= 11 is 6.13. The second-order valence-corrected chi connectivity index (χ2v) is 12.3. The van der Waals surface area contributed by atoms with Crippen LogP contribution in [0.5, 0.6) is 0 Å². The lowest BCUT2D eigenvalue weighted by Crippen LogP contribution is -2.37. The minimum Gasteiger partial charge on any atom is -0.325 e. The summed E-state index contributed by atoms with van der Waals surface area (Å²) in [7, 11) is -7.27. The van der Waals surface area contributed by atoms with E-state index in [2.05, 4.69) is 5.32 Å². The molecule has 1 amide bonds. The Kier molecular flexibility index (Phi) is 8.52. The molecule has 8 nitrogen and oxygen atoms in total. The number of halogens is 1. The van der Waals surface area contributed by atoms with Crippen molar-refractivity contribution < 1.29 is 21.6 Å². The molecule has 1 heterocycles. The number of carbonyl (C=O) groups excluding carboxylic acids is 1. The summed E-state index contributed by atoms with van der Waals surface area (Å²) < 4.78 is 52.7. The fraction of sp³-hybridized carbons (Fsp3) is 0.409. The van der Waals surface area contributed by atoms with E-state index in [0.29, 0.717) is 29.4 Å². The van der Waals surface area contributed by atoms with Crippen molar-refractivity contribution >= 4 is 43.2 Å². The van der Waals surface area contributed by atoms with Gasteiger partial charge < -0.3 is 5.32 Å². The lowest BCUT2D eigenvalue weighted by atomic mass is 10.2. The van der Waals surface area contributed by atoms with Crippen LogP contribution in [0, 0.1) is 0 Å². The lowest BCUT2D eigenvalue weighted by molar-refractivity contribution is -0.116. The lowest BCUT2D eigenvalue weighted by Gasteiger charge is -2.21. The highest BCUT2D eigenvalue weighted by Crippen LogP contribution is 2.22.